The molecule has 0 bridgehead atoms. The van der Waals surface area contributed by atoms with E-state index in [-0.39, 0.29) is 18.0 Å². The first-order chi connectivity index (χ1) is 17.0. The number of rotatable bonds is 6. The first-order valence-corrected chi connectivity index (χ1v) is 11.4. The third kappa shape index (κ3) is 3.94. The molecule has 186 valence electrons. The number of methoxy groups -OCH3 is 2. The van der Waals surface area contributed by atoms with E-state index in [4.69, 9.17) is 14.2 Å². The summed E-state index contributed by atoms with van der Waals surface area (Å²) in [6.07, 6.45) is 1.64. The van der Waals surface area contributed by atoms with Crippen LogP contribution in [0.1, 0.15) is 18.2 Å². The van der Waals surface area contributed by atoms with E-state index in [0.29, 0.717) is 43.2 Å². The highest BCUT2D eigenvalue weighted by atomic mass is 19.1. The van der Waals surface area contributed by atoms with Gasteiger partial charge < -0.3 is 19.2 Å². The molecule has 35 heavy (non-hydrogen) atoms. The lowest BCUT2D eigenvalue weighted by Gasteiger charge is -2.37. The Kier molecular flexibility index (Phi) is 6.20. The molecule has 2 aliphatic heterocycles. The molecule has 1 aromatic carbocycles. The fourth-order valence-corrected chi connectivity index (χ4v) is 4.78. The maximum atomic E-state index is 15.3. The highest BCUT2D eigenvalue weighted by Gasteiger charge is 2.37. The number of fused-ring (bicyclic) bond motifs is 3. The molecule has 0 spiro atoms. The van der Waals surface area contributed by atoms with Gasteiger partial charge in [-0.25, -0.2) is 18.6 Å². The molecule has 0 saturated carbocycles. The van der Waals surface area contributed by atoms with Gasteiger partial charge in [0.15, 0.2) is 23.1 Å². The van der Waals surface area contributed by atoms with Crippen molar-refractivity contribution in [3.8, 4) is 11.5 Å². The summed E-state index contributed by atoms with van der Waals surface area (Å²) in [5.74, 6) is -2.28. The lowest BCUT2D eigenvalue weighted by Crippen LogP contribution is -2.48. The fraction of sp³-hybridized carbons (Fsp3) is 0.417. The van der Waals surface area contributed by atoms with Crippen molar-refractivity contribution in [1.29, 1.82) is 0 Å². The van der Waals surface area contributed by atoms with Gasteiger partial charge in [-0.3, -0.25) is 14.7 Å². The monoisotopic (exact) mass is 487 g/mol. The van der Waals surface area contributed by atoms with Gasteiger partial charge in [-0.1, -0.05) is 0 Å². The van der Waals surface area contributed by atoms with Gasteiger partial charge in [0.25, 0.3) is 0 Å². The number of H-pyrrole nitrogens is 1. The van der Waals surface area contributed by atoms with Crippen LogP contribution in [0, 0.1) is 11.6 Å². The van der Waals surface area contributed by atoms with Crippen molar-refractivity contribution in [2.45, 2.75) is 20.0 Å². The van der Waals surface area contributed by atoms with Crippen LogP contribution in [0.15, 0.2) is 18.3 Å². The Labute approximate surface area is 201 Å². The number of carbonyl (C=O) groups is 1. The van der Waals surface area contributed by atoms with Crippen molar-refractivity contribution in [2.75, 3.05) is 56.9 Å². The predicted molar refractivity (Wildman–Crippen MR) is 126 cm³/mol. The predicted octanol–water partition coefficient (Wildman–Crippen LogP) is 3.66. The number of aromatic nitrogens is 2. The van der Waals surface area contributed by atoms with Crippen molar-refractivity contribution in [1.82, 2.24) is 14.9 Å². The molecule has 0 aliphatic carbocycles. The summed E-state index contributed by atoms with van der Waals surface area (Å²) in [5, 5.41) is 0.800. The van der Waals surface area contributed by atoms with Crippen LogP contribution < -0.4 is 19.3 Å². The van der Waals surface area contributed by atoms with Crippen LogP contribution in [-0.2, 0) is 17.8 Å². The zero-order valence-corrected chi connectivity index (χ0v) is 19.9. The molecule has 3 aromatic rings. The summed E-state index contributed by atoms with van der Waals surface area (Å²) in [6.45, 7) is 5.89. The number of ether oxygens (including phenoxy) is 3. The molecule has 2 aliphatic rings. The topological polar surface area (TPSA) is 83.2 Å². The first kappa shape index (κ1) is 23.3. The number of anilines is 2. The SMILES string of the molecule is CCN1C(=O)N(c2c(F)cc(OC)c(OC)c2F)Cc2cnc3[nH]c(CN4CCOCC4)cc3c21. The quantitative estimate of drug-likeness (QED) is 0.572. The number of nitrogens with one attached hydrogen (secondary N) is 1. The number of pyridine rings is 1. The van der Waals surface area contributed by atoms with Crippen LogP contribution in [0.5, 0.6) is 11.5 Å². The van der Waals surface area contributed by atoms with Crippen LogP contribution in [0.3, 0.4) is 0 Å². The Morgan fingerprint density at radius 1 is 1.14 bits per heavy atom. The molecule has 9 nitrogen and oxygen atoms in total. The number of nitrogens with zero attached hydrogens (tertiary/aromatic N) is 4. The van der Waals surface area contributed by atoms with Gasteiger partial charge in [-0.05, 0) is 13.0 Å². The van der Waals surface area contributed by atoms with Crippen LogP contribution >= 0.6 is 0 Å². The first-order valence-electron chi connectivity index (χ1n) is 11.4. The molecular formula is C24H27F2N5O4. The van der Waals surface area contributed by atoms with E-state index in [1.165, 1.54) is 19.1 Å². The molecule has 2 aromatic heterocycles. The Bertz CT molecular complexity index is 1270. The second-order valence-corrected chi connectivity index (χ2v) is 8.45. The van der Waals surface area contributed by atoms with Crippen molar-refractivity contribution < 1.29 is 27.8 Å². The van der Waals surface area contributed by atoms with Crippen LogP contribution in [0.4, 0.5) is 25.0 Å². The highest BCUT2D eigenvalue weighted by Crippen LogP contribution is 2.42. The van der Waals surface area contributed by atoms with Gasteiger partial charge in [-0.15, -0.1) is 0 Å². The molecule has 0 unspecified atom stereocenters. The Morgan fingerprint density at radius 3 is 2.60 bits per heavy atom. The van der Waals surface area contributed by atoms with Crippen LogP contribution in [0.2, 0.25) is 0 Å². The summed E-state index contributed by atoms with van der Waals surface area (Å²) in [4.78, 5) is 26.3. The van der Waals surface area contributed by atoms with Gasteiger partial charge in [0, 0.05) is 55.1 Å². The minimum absolute atomic E-state index is 0.0408. The molecule has 0 radical (unpaired) electrons. The zero-order chi connectivity index (χ0) is 24.7. The third-order valence-corrected chi connectivity index (χ3v) is 6.44. The van der Waals surface area contributed by atoms with Gasteiger partial charge in [-0.2, -0.15) is 0 Å². The van der Waals surface area contributed by atoms with Crippen LogP contribution in [0.25, 0.3) is 11.0 Å². The average Bonchev–Trinajstić information content (AvgIpc) is 3.27. The normalized spacial score (nSPS) is 16.7. The number of benzene rings is 1. The maximum absolute atomic E-state index is 15.3. The number of amides is 2. The van der Waals surface area contributed by atoms with Gasteiger partial charge in [0.2, 0.25) is 0 Å². The Balaban J connectivity index is 1.55. The molecule has 1 fully saturated rings. The molecule has 1 saturated heterocycles. The van der Waals surface area contributed by atoms with Crippen molar-refractivity contribution in [3.63, 3.8) is 0 Å². The van der Waals surface area contributed by atoms with E-state index in [0.717, 1.165) is 35.1 Å². The Hall–Kier alpha value is -3.44. The van der Waals surface area contributed by atoms with Gasteiger partial charge in [0.05, 0.1) is 39.7 Å². The number of urea groups is 1. The maximum Gasteiger partial charge on any atom is 0.329 e. The minimum atomic E-state index is -0.999. The number of carbonyl (C=O) groups excluding carboxylic acids is 1. The third-order valence-electron chi connectivity index (χ3n) is 6.44. The largest absolute Gasteiger partial charge is 0.493 e. The van der Waals surface area contributed by atoms with Crippen molar-refractivity contribution >= 4 is 28.4 Å². The standard InChI is InChI=1S/C24H27F2N5O4/c1-4-30-20-14(11-27-23-16(20)9-15(28-23)13-29-5-7-35-8-6-29)12-31(24(30)32)21-17(25)10-18(33-2)22(34-3)19(21)26/h9-11H,4-8,12-13H2,1-3H3,(H,27,28). The number of aromatic amines is 1. The summed E-state index contributed by atoms with van der Waals surface area (Å²) in [7, 11) is 2.55. The highest BCUT2D eigenvalue weighted by molar-refractivity contribution is 6.11. The summed E-state index contributed by atoms with van der Waals surface area (Å²) < 4.78 is 45.9. The summed E-state index contributed by atoms with van der Waals surface area (Å²) in [6, 6.07) is 2.48. The average molecular weight is 488 g/mol. The number of halogens is 2. The van der Waals surface area contributed by atoms with E-state index in [1.54, 1.807) is 6.20 Å². The molecule has 5 rings (SSSR count). The smallest absolute Gasteiger partial charge is 0.329 e. The van der Waals surface area contributed by atoms with Crippen LogP contribution in [-0.4, -0.2) is 68.0 Å². The lowest BCUT2D eigenvalue weighted by molar-refractivity contribution is 0.0337. The number of hydrogen-bond donors (Lipinski definition) is 1. The summed E-state index contributed by atoms with van der Waals surface area (Å²) >= 11 is 0. The number of morpholine rings is 1. The molecule has 11 heteroatoms. The van der Waals surface area contributed by atoms with E-state index in [1.807, 2.05) is 13.0 Å². The fourth-order valence-electron chi connectivity index (χ4n) is 4.78. The minimum Gasteiger partial charge on any atom is -0.493 e. The van der Waals surface area contributed by atoms with E-state index < -0.39 is 23.4 Å². The van der Waals surface area contributed by atoms with Gasteiger partial charge >= 0.3 is 6.03 Å². The molecule has 0 atom stereocenters. The number of hydrogen-bond acceptors (Lipinski definition) is 6. The molecule has 4 heterocycles. The van der Waals surface area contributed by atoms with E-state index >= 15 is 8.78 Å². The second-order valence-electron chi connectivity index (χ2n) is 8.45. The molecule has 2 amide bonds. The zero-order valence-electron chi connectivity index (χ0n) is 19.9. The Morgan fingerprint density at radius 2 is 1.91 bits per heavy atom. The molecular weight excluding hydrogens is 460 g/mol. The summed E-state index contributed by atoms with van der Waals surface area (Å²) in [5.41, 5.74) is 2.54. The van der Waals surface area contributed by atoms with Crippen molar-refractivity contribution in [2.24, 2.45) is 0 Å². The molecule has 1 N–H and O–H groups in total. The van der Waals surface area contributed by atoms with Crippen molar-refractivity contribution in [3.05, 3.63) is 41.2 Å². The van der Waals surface area contributed by atoms with E-state index in [2.05, 4.69) is 14.9 Å². The lowest BCUT2D eigenvalue weighted by atomic mass is 10.1. The van der Waals surface area contributed by atoms with Gasteiger partial charge in [0.1, 0.15) is 11.3 Å². The second kappa shape index (κ2) is 9.31. The van der Waals surface area contributed by atoms with E-state index in [9.17, 15) is 4.79 Å².